The predicted molar refractivity (Wildman–Crippen MR) is 69.2 cm³/mol. The molecule has 0 radical (unpaired) electrons. The number of aryl methyl sites for hydroxylation is 1. The van der Waals surface area contributed by atoms with Gasteiger partial charge < -0.3 is 0 Å². The lowest BCUT2D eigenvalue weighted by Crippen LogP contribution is -2.03. The van der Waals surface area contributed by atoms with Crippen LogP contribution < -0.4 is 0 Å². The fraction of sp³-hybridized carbons (Fsp3) is 0.615. The Balaban J connectivity index is 2.72. The third-order valence-electron chi connectivity index (χ3n) is 2.88. The highest BCUT2D eigenvalue weighted by Crippen LogP contribution is 2.25. The molecule has 0 N–H and O–H groups in total. The van der Waals surface area contributed by atoms with Crippen molar-refractivity contribution in [3.63, 3.8) is 0 Å². The van der Waals surface area contributed by atoms with Crippen LogP contribution in [0.5, 0.6) is 0 Å². The molecule has 2 aromatic rings. The van der Waals surface area contributed by atoms with Gasteiger partial charge >= 0.3 is 0 Å². The first-order valence-electron chi connectivity index (χ1n) is 6.28. The highest BCUT2D eigenvalue weighted by atomic mass is 15.3. The van der Waals surface area contributed by atoms with Gasteiger partial charge in [0, 0.05) is 12.5 Å². The number of hydrogen-bond acceptors (Lipinski definition) is 3. The van der Waals surface area contributed by atoms with E-state index in [0.29, 0.717) is 12.0 Å². The second-order valence-electron chi connectivity index (χ2n) is 4.95. The highest BCUT2D eigenvalue weighted by Gasteiger charge is 2.16. The van der Waals surface area contributed by atoms with E-state index in [1.54, 1.807) is 0 Å². The first-order valence-corrected chi connectivity index (χ1v) is 6.28. The maximum Gasteiger partial charge on any atom is 0.128 e. The lowest BCUT2D eigenvalue weighted by atomic mass is 10.1. The van der Waals surface area contributed by atoms with E-state index in [9.17, 15) is 0 Å². The van der Waals surface area contributed by atoms with E-state index < -0.39 is 0 Å². The Labute approximate surface area is 102 Å². The molecule has 0 unspecified atom stereocenters. The van der Waals surface area contributed by atoms with Gasteiger partial charge in [-0.3, -0.25) is 4.68 Å². The molecule has 17 heavy (non-hydrogen) atoms. The van der Waals surface area contributed by atoms with Gasteiger partial charge in [0.2, 0.25) is 0 Å². The van der Waals surface area contributed by atoms with Crippen LogP contribution in [0.3, 0.4) is 0 Å². The summed E-state index contributed by atoms with van der Waals surface area (Å²) in [6.45, 7) is 10.6. The van der Waals surface area contributed by atoms with Crippen molar-refractivity contribution in [1.29, 1.82) is 0 Å². The van der Waals surface area contributed by atoms with Gasteiger partial charge in [-0.2, -0.15) is 5.10 Å². The van der Waals surface area contributed by atoms with Crippen LogP contribution in [0.15, 0.2) is 6.20 Å². The number of fused-ring (bicyclic) bond motifs is 1. The van der Waals surface area contributed by atoms with E-state index in [0.717, 1.165) is 29.0 Å². The molecule has 4 heteroatoms. The molecule has 0 aliphatic heterocycles. The van der Waals surface area contributed by atoms with Crippen molar-refractivity contribution in [2.24, 2.45) is 0 Å². The predicted octanol–water partition coefficient (Wildman–Crippen LogP) is 3.09. The van der Waals surface area contributed by atoms with Crippen LogP contribution in [0, 0.1) is 0 Å². The van der Waals surface area contributed by atoms with Crippen LogP contribution in [-0.2, 0) is 6.42 Å². The molecule has 2 heterocycles. The van der Waals surface area contributed by atoms with Gasteiger partial charge in [0.15, 0.2) is 0 Å². The summed E-state index contributed by atoms with van der Waals surface area (Å²) in [6.07, 6.45) is 2.76. The van der Waals surface area contributed by atoms with Crippen molar-refractivity contribution in [3.8, 4) is 0 Å². The first-order chi connectivity index (χ1) is 8.04. The Morgan fingerprint density at radius 3 is 2.47 bits per heavy atom. The lowest BCUT2D eigenvalue weighted by molar-refractivity contribution is 0.539. The largest absolute Gasteiger partial charge is 0.259 e. The Bertz CT molecular complexity index is 525. The Hall–Kier alpha value is -1.45. The molecular weight excluding hydrogens is 212 g/mol. The van der Waals surface area contributed by atoms with E-state index in [1.807, 2.05) is 10.9 Å². The van der Waals surface area contributed by atoms with Gasteiger partial charge in [-0.05, 0) is 19.8 Å². The number of aromatic nitrogens is 4. The zero-order valence-corrected chi connectivity index (χ0v) is 11.2. The van der Waals surface area contributed by atoms with Gasteiger partial charge in [-0.25, -0.2) is 9.97 Å². The third kappa shape index (κ3) is 2.04. The minimum absolute atomic E-state index is 0.334. The van der Waals surface area contributed by atoms with Crippen molar-refractivity contribution in [2.75, 3.05) is 0 Å². The molecule has 0 aromatic carbocycles. The fourth-order valence-electron chi connectivity index (χ4n) is 1.94. The van der Waals surface area contributed by atoms with Crippen LogP contribution in [-0.4, -0.2) is 19.7 Å². The molecule has 0 aliphatic carbocycles. The van der Waals surface area contributed by atoms with E-state index in [2.05, 4.69) is 49.7 Å². The van der Waals surface area contributed by atoms with Gasteiger partial charge in [-0.1, -0.05) is 20.8 Å². The van der Waals surface area contributed by atoms with Gasteiger partial charge in [0.1, 0.15) is 16.9 Å². The molecule has 2 rings (SSSR count). The standard InChI is InChI=1S/C13H20N4/c1-6-11-14-7-10-13(15-11)12(8(2)3)16-17(10)9(4)5/h7-9H,6H2,1-5H3. The Kier molecular flexibility index (Phi) is 3.13. The van der Waals surface area contributed by atoms with Crippen molar-refractivity contribution in [3.05, 3.63) is 17.7 Å². The molecule has 0 aliphatic rings. The molecule has 0 fully saturated rings. The fourth-order valence-corrected chi connectivity index (χ4v) is 1.94. The second kappa shape index (κ2) is 4.43. The molecule has 2 aromatic heterocycles. The minimum Gasteiger partial charge on any atom is -0.259 e. The summed E-state index contributed by atoms with van der Waals surface area (Å²) in [6, 6.07) is 0.334. The van der Waals surface area contributed by atoms with Crippen molar-refractivity contribution < 1.29 is 0 Å². The summed E-state index contributed by atoms with van der Waals surface area (Å²) in [5, 5.41) is 4.68. The number of nitrogens with zero attached hydrogens (tertiary/aromatic N) is 4. The smallest absolute Gasteiger partial charge is 0.128 e. The summed E-state index contributed by atoms with van der Waals surface area (Å²) in [5.41, 5.74) is 3.13. The Morgan fingerprint density at radius 2 is 1.94 bits per heavy atom. The number of rotatable bonds is 3. The molecule has 0 spiro atoms. The zero-order chi connectivity index (χ0) is 12.6. The van der Waals surface area contributed by atoms with Gasteiger partial charge in [0.05, 0.1) is 11.9 Å². The summed E-state index contributed by atoms with van der Waals surface area (Å²) < 4.78 is 2.02. The van der Waals surface area contributed by atoms with Crippen LogP contribution in [0.4, 0.5) is 0 Å². The SMILES string of the molecule is CCc1ncc2c(n1)c(C(C)C)nn2C(C)C. The minimum atomic E-state index is 0.334. The lowest BCUT2D eigenvalue weighted by Gasteiger charge is -2.06. The van der Waals surface area contributed by atoms with E-state index in [-0.39, 0.29) is 0 Å². The van der Waals surface area contributed by atoms with Crippen LogP contribution in [0.25, 0.3) is 11.0 Å². The molecule has 0 atom stereocenters. The third-order valence-corrected chi connectivity index (χ3v) is 2.88. The monoisotopic (exact) mass is 232 g/mol. The van der Waals surface area contributed by atoms with Crippen molar-refractivity contribution in [2.45, 2.75) is 53.0 Å². The highest BCUT2D eigenvalue weighted by molar-refractivity contribution is 5.77. The van der Waals surface area contributed by atoms with Crippen molar-refractivity contribution >= 4 is 11.0 Å². The molecule has 4 nitrogen and oxygen atoms in total. The molecule has 92 valence electrons. The van der Waals surface area contributed by atoms with Crippen LogP contribution in [0.2, 0.25) is 0 Å². The van der Waals surface area contributed by atoms with Crippen LogP contribution >= 0.6 is 0 Å². The van der Waals surface area contributed by atoms with Gasteiger partial charge in [-0.15, -0.1) is 0 Å². The molecule has 0 saturated carbocycles. The first kappa shape index (κ1) is 12.0. The molecule has 0 amide bonds. The molecular formula is C13H20N4. The Morgan fingerprint density at radius 1 is 1.24 bits per heavy atom. The maximum atomic E-state index is 4.68. The van der Waals surface area contributed by atoms with E-state index in [1.165, 1.54) is 0 Å². The topological polar surface area (TPSA) is 43.6 Å². The number of hydrogen-bond donors (Lipinski definition) is 0. The van der Waals surface area contributed by atoms with Crippen molar-refractivity contribution in [1.82, 2.24) is 19.7 Å². The summed E-state index contributed by atoms with van der Waals surface area (Å²) in [4.78, 5) is 8.99. The summed E-state index contributed by atoms with van der Waals surface area (Å²) >= 11 is 0. The second-order valence-corrected chi connectivity index (χ2v) is 4.95. The summed E-state index contributed by atoms with van der Waals surface area (Å²) in [5.74, 6) is 1.28. The van der Waals surface area contributed by atoms with Gasteiger partial charge in [0.25, 0.3) is 0 Å². The van der Waals surface area contributed by atoms with Crippen LogP contribution in [0.1, 0.15) is 58.1 Å². The average molecular weight is 232 g/mol. The van der Waals surface area contributed by atoms with E-state index >= 15 is 0 Å². The quantitative estimate of drug-likeness (QED) is 0.816. The maximum absolute atomic E-state index is 4.68. The summed E-state index contributed by atoms with van der Waals surface area (Å²) in [7, 11) is 0. The molecule has 0 bridgehead atoms. The van der Waals surface area contributed by atoms with E-state index in [4.69, 9.17) is 0 Å². The molecule has 0 saturated heterocycles. The average Bonchev–Trinajstić information content (AvgIpc) is 2.67. The zero-order valence-electron chi connectivity index (χ0n) is 11.2. The normalized spacial score (nSPS) is 11.9.